The summed E-state index contributed by atoms with van der Waals surface area (Å²) in [6.45, 7) is 4.32. The minimum Gasteiger partial charge on any atom is -0.370 e. The summed E-state index contributed by atoms with van der Waals surface area (Å²) in [5.74, 6) is -0.894. The first-order valence-electron chi connectivity index (χ1n) is 8.64. The van der Waals surface area contributed by atoms with E-state index in [-0.39, 0.29) is 6.54 Å². The smallest absolute Gasteiger partial charge is 0.370 e. The molecule has 0 aliphatic rings. The molecule has 152 valence electrons. The zero-order chi connectivity index (χ0) is 21.1. The number of benzene rings is 2. The Morgan fingerprint density at radius 2 is 1.86 bits per heavy atom. The summed E-state index contributed by atoms with van der Waals surface area (Å²) in [6.07, 6.45) is -2.98. The molecule has 0 atom stereocenters. The number of hydrogen-bond acceptors (Lipinski definition) is 2. The second-order valence-electron chi connectivity index (χ2n) is 6.53. The van der Waals surface area contributed by atoms with Crippen LogP contribution in [0.4, 0.5) is 28.9 Å². The summed E-state index contributed by atoms with van der Waals surface area (Å²) in [4.78, 5) is 7.74. The third-order valence-electron chi connectivity index (χ3n) is 4.39. The molecule has 0 unspecified atom stereocenters. The van der Waals surface area contributed by atoms with Crippen LogP contribution in [0.3, 0.4) is 0 Å². The molecule has 0 aliphatic heterocycles. The number of halogens is 5. The summed E-state index contributed by atoms with van der Waals surface area (Å²) in [5, 5.41) is 0.359. The van der Waals surface area contributed by atoms with Gasteiger partial charge in [-0.2, -0.15) is 13.2 Å². The minimum atomic E-state index is -4.63. The van der Waals surface area contributed by atoms with Crippen molar-refractivity contribution in [2.75, 3.05) is 25.5 Å². The number of aryl methyl sites for hydroxylation is 1. The molecule has 0 saturated carbocycles. The fraction of sp³-hybridized carbons (Fsp3) is 0.350. The van der Waals surface area contributed by atoms with Gasteiger partial charge in [-0.25, -0.2) is 9.38 Å². The molecule has 28 heavy (non-hydrogen) atoms. The lowest BCUT2D eigenvalue weighted by atomic mass is 10.0. The van der Waals surface area contributed by atoms with E-state index in [2.05, 4.69) is 4.99 Å². The Balaban J connectivity index is 2.35. The van der Waals surface area contributed by atoms with E-state index in [1.807, 2.05) is 18.9 Å². The number of alkyl halides is 3. The number of rotatable bonds is 6. The van der Waals surface area contributed by atoms with Crippen molar-refractivity contribution in [3.63, 3.8) is 0 Å². The maximum Gasteiger partial charge on any atom is 0.416 e. The molecular formula is C20H22ClF4N3. The minimum absolute atomic E-state index is 0.250. The second-order valence-corrected chi connectivity index (χ2v) is 6.93. The standard InChI is InChI=1S/C20H22ClF4N3/c1-5-27(3)12-26-18-9-13(2)19(10-16(18)21)28(4)11-14-15(20(23,24)25)7-6-8-17(14)22/h6-10,12H,5,11H2,1-4H3. The van der Waals surface area contributed by atoms with E-state index in [0.29, 0.717) is 16.4 Å². The predicted molar refractivity (Wildman–Crippen MR) is 106 cm³/mol. The quantitative estimate of drug-likeness (QED) is 0.324. The molecule has 0 aliphatic carbocycles. The van der Waals surface area contributed by atoms with Crippen LogP contribution in [0.15, 0.2) is 35.3 Å². The highest BCUT2D eigenvalue weighted by Gasteiger charge is 2.34. The van der Waals surface area contributed by atoms with Crippen molar-refractivity contribution in [1.29, 1.82) is 0 Å². The first kappa shape index (κ1) is 22.0. The summed E-state index contributed by atoms with van der Waals surface area (Å²) in [5.41, 5.74) is 0.539. The van der Waals surface area contributed by atoms with Crippen molar-refractivity contribution in [3.8, 4) is 0 Å². The van der Waals surface area contributed by atoms with E-state index >= 15 is 0 Å². The van der Waals surface area contributed by atoms with Crippen LogP contribution in [-0.2, 0) is 12.7 Å². The summed E-state index contributed by atoms with van der Waals surface area (Å²) in [7, 11) is 3.47. The van der Waals surface area contributed by atoms with Crippen molar-refractivity contribution in [2.45, 2.75) is 26.6 Å². The van der Waals surface area contributed by atoms with E-state index in [4.69, 9.17) is 11.6 Å². The molecule has 2 aromatic carbocycles. The predicted octanol–water partition coefficient (Wildman–Crippen LogP) is 6.05. The van der Waals surface area contributed by atoms with Gasteiger partial charge in [-0.15, -0.1) is 0 Å². The van der Waals surface area contributed by atoms with Crippen molar-refractivity contribution >= 4 is 29.3 Å². The topological polar surface area (TPSA) is 18.8 Å². The van der Waals surface area contributed by atoms with Gasteiger partial charge in [0.15, 0.2) is 0 Å². The zero-order valence-electron chi connectivity index (χ0n) is 16.1. The van der Waals surface area contributed by atoms with Crippen molar-refractivity contribution < 1.29 is 17.6 Å². The molecule has 0 amide bonds. The lowest BCUT2D eigenvalue weighted by Gasteiger charge is -2.24. The third-order valence-corrected chi connectivity index (χ3v) is 4.69. The number of hydrogen-bond donors (Lipinski definition) is 0. The average molecular weight is 416 g/mol. The largest absolute Gasteiger partial charge is 0.416 e. The van der Waals surface area contributed by atoms with E-state index in [0.717, 1.165) is 30.3 Å². The molecule has 0 saturated heterocycles. The van der Waals surface area contributed by atoms with Crippen molar-refractivity contribution in [2.24, 2.45) is 4.99 Å². The van der Waals surface area contributed by atoms with Gasteiger partial charge in [0, 0.05) is 38.4 Å². The molecule has 0 radical (unpaired) electrons. The number of aliphatic imine (C=N–C) groups is 1. The van der Waals surface area contributed by atoms with Crippen LogP contribution in [0.2, 0.25) is 5.02 Å². The first-order chi connectivity index (χ1) is 13.0. The van der Waals surface area contributed by atoms with E-state index in [9.17, 15) is 17.6 Å². The fourth-order valence-electron chi connectivity index (χ4n) is 2.72. The molecule has 0 aromatic heterocycles. The molecule has 0 spiro atoms. The Kier molecular flexibility index (Phi) is 6.93. The molecule has 2 rings (SSSR count). The van der Waals surface area contributed by atoms with Gasteiger partial charge >= 0.3 is 6.18 Å². The number of nitrogens with zero attached hydrogens (tertiary/aromatic N) is 3. The Bertz CT molecular complexity index is 865. The van der Waals surface area contributed by atoms with Gasteiger partial charge in [-0.3, -0.25) is 0 Å². The SMILES string of the molecule is CCN(C)C=Nc1cc(C)c(N(C)Cc2c(F)cccc2C(F)(F)F)cc1Cl. The van der Waals surface area contributed by atoms with Gasteiger partial charge in [-0.1, -0.05) is 17.7 Å². The van der Waals surface area contributed by atoms with Gasteiger partial charge in [0.2, 0.25) is 0 Å². The normalized spacial score (nSPS) is 11.9. The summed E-state index contributed by atoms with van der Waals surface area (Å²) >= 11 is 6.30. The summed E-state index contributed by atoms with van der Waals surface area (Å²) in [6, 6.07) is 6.35. The molecule has 2 aromatic rings. The highest BCUT2D eigenvalue weighted by molar-refractivity contribution is 6.33. The van der Waals surface area contributed by atoms with Crippen LogP contribution in [0, 0.1) is 12.7 Å². The average Bonchev–Trinajstić information content (AvgIpc) is 2.62. The van der Waals surface area contributed by atoms with Crippen LogP contribution in [0.1, 0.15) is 23.6 Å². The molecule has 0 bridgehead atoms. The maximum atomic E-state index is 14.1. The highest BCUT2D eigenvalue weighted by atomic mass is 35.5. The molecule has 0 fully saturated rings. The zero-order valence-corrected chi connectivity index (χ0v) is 16.9. The highest BCUT2D eigenvalue weighted by Crippen LogP contribution is 2.36. The van der Waals surface area contributed by atoms with Gasteiger partial charge in [0.25, 0.3) is 0 Å². The molecule has 0 heterocycles. The molecule has 0 N–H and O–H groups in total. The first-order valence-corrected chi connectivity index (χ1v) is 9.02. The van der Waals surface area contributed by atoms with Crippen molar-refractivity contribution in [3.05, 3.63) is 57.9 Å². The Morgan fingerprint density at radius 3 is 2.46 bits per heavy atom. The van der Waals surface area contributed by atoms with Crippen LogP contribution in [0.5, 0.6) is 0 Å². The fourth-order valence-corrected chi connectivity index (χ4v) is 2.92. The second kappa shape index (κ2) is 8.82. The van der Waals surface area contributed by atoms with Crippen molar-refractivity contribution in [1.82, 2.24) is 4.90 Å². The molecule has 8 heteroatoms. The van der Waals surface area contributed by atoms with Gasteiger partial charge in [0.1, 0.15) is 5.82 Å². The van der Waals surface area contributed by atoms with E-state index in [1.54, 1.807) is 37.3 Å². The monoisotopic (exact) mass is 415 g/mol. The van der Waals surface area contributed by atoms with Crippen LogP contribution in [-0.4, -0.2) is 31.9 Å². The van der Waals surface area contributed by atoms with Gasteiger partial charge in [-0.05, 0) is 43.7 Å². The van der Waals surface area contributed by atoms with Gasteiger partial charge < -0.3 is 9.80 Å². The number of anilines is 1. The summed E-state index contributed by atoms with van der Waals surface area (Å²) < 4.78 is 53.8. The molecule has 3 nitrogen and oxygen atoms in total. The lowest BCUT2D eigenvalue weighted by molar-refractivity contribution is -0.138. The Hall–Kier alpha value is -2.28. The lowest BCUT2D eigenvalue weighted by Crippen LogP contribution is -2.22. The third kappa shape index (κ3) is 5.16. The Labute approximate surface area is 167 Å². The van der Waals surface area contributed by atoms with Crippen LogP contribution < -0.4 is 4.90 Å². The van der Waals surface area contributed by atoms with Crippen LogP contribution >= 0.6 is 11.6 Å². The molecular weight excluding hydrogens is 394 g/mol. The van der Waals surface area contributed by atoms with Crippen LogP contribution in [0.25, 0.3) is 0 Å². The Morgan fingerprint density at radius 1 is 1.18 bits per heavy atom. The van der Waals surface area contributed by atoms with E-state index in [1.165, 1.54) is 0 Å². The van der Waals surface area contributed by atoms with E-state index < -0.39 is 23.1 Å². The van der Waals surface area contributed by atoms with Gasteiger partial charge in [0.05, 0.1) is 22.6 Å². The maximum absolute atomic E-state index is 14.1.